The number of hydrogen-bond donors (Lipinski definition) is 1. The maximum atomic E-state index is 5.03. The van der Waals surface area contributed by atoms with Gasteiger partial charge in [0.25, 0.3) is 0 Å². The van der Waals surface area contributed by atoms with Crippen molar-refractivity contribution in [3.63, 3.8) is 0 Å². The van der Waals surface area contributed by atoms with Crippen molar-refractivity contribution in [2.75, 3.05) is 13.1 Å². The first-order valence-corrected chi connectivity index (χ1v) is 9.33. The summed E-state index contributed by atoms with van der Waals surface area (Å²) in [7, 11) is 0. The Hall–Kier alpha value is -2.13. The van der Waals surface area contributed by atoms with Crippen LogP contribution in [-0.4, -0.2) is 22.6 Å². The van der Waals surface area contributed by atoms with Crippen LogP contribution in [0.5, 0.6) is 0 Å². The summed E-state index contributed by atoms with van der Waals surface area (Å²) in [6, 6.07) is 13.4. The molecule has 4 rings (SSSR count). The number of imidazole rings is 1. The van der Waals surface area contributed by atoms with Crippen LogP contribution < -0.4 is 5.32 Å². The molecule has 1 atom stereocenters. The van der Waals surface area contributed by atoms with Gasteiger partial charge in [0.1, 0.15) is 5.82 Å². The predicted octanol–water partition coefficient (Wildman–Crippen LogP) is 4.16. The Morgan fingerprint density at radius 3 is 2.56 bits per heavy atom. The fraction of sp³-hybridized carbons (Fsp3) is 0.409. The molecule has 1 fully saturated rings. The molecule has 0 aliphatic carbocycles. The molecule has 3 nitrogen and oxygen atoms in total. The van der Waals surface area contributed by atoms with Crippen LogP contribution in [0.1, 0.15) is 34.5 Å². The second-order valence-corrected chi connectivity index (χ2v) is 7.59. The summed E-state index contributed by atoms with van der Waals surface area (Å²) >= 11 is 0. The summed E-state index contributed by atoms with van der Waals surface area (Å²) in [5, 5.41) is 3.48. The lowest BCUT2D eigenvalue weighted by atomic mass is 10.0. The first-order chi connectivity index (χ1) is 12.1. The van der Waals surface area contributed by atoms with Crippen LogP contribution in [0.25, 0.3) is 11.0 Å². The van der Waals surface area contributed by atoms with Crippen LogP contribution in [0.3, 0.4) is 0 Å². The number of nitrogens with zero attached hydrogens (tertiary/aromatic N) is 2. The van der Waals surface area contributed by atoms with Crippen molar-refractivity contribution in [1.82, 2.24) is 14.9 Å². The first kappa shape index (κ1) is 16.3. The molecule has 2 aromatic carbocycles. The Morgan fingerprint density at radius 2 is 1.84 bits per heavy atom. The van der Waals surface area contributed by atoms with Gasteiger partial charge in [0.15, 0.2) is 0 Å². The van der Waals surface area contributed by atoms with Crippen molar-refractivity contribution >= 4 is 11.0 Å². The van der Waals surface area contributed by atoms with Gasteiger partial charge in [0, 0.05) is 13.0 Å². The molecule has 0 radical (unpaired) electrons. The molecular formula is C22H27N3. The molecule has 2 heterocycles. The van der Waals surface area contributed by atoms with E-state index in [1.54, 1.807) is 0 Å². The summed E-state index contributed by atoms with van der Waals surface area (Å²) < 4.78 is 2.44. The number of aromatic nitrogens is 2. The maximum Gasteiger partial charge on any atom is 0.110 e. The van der Waals surface area contributed by atoms with Gasteiger partial charge < -0.3 is 9.88 Å². The second-order valence-electron chi connectivity index (χ2n) is 7.59. The van der Waals surface area contributed by atoms with Crippen LogP contribution in [0, 0.1) is 26.7 Å². The summed E-state index contributed by atoms with van der Waals surface area (Å²) in [5.74, 6) is 1.94. The Balaban J connectivity index is 1.76. The zero-order valence-electron chi connectivity index (χ0n) is 15.5. The molecule has 3 heteroatoms. The third kappa shape index (κ3) is 3.34. The van der Waals surface area contributed by atoms with Gasteiger partial charge in [-0.05, 0) is 75.0 Å². The van der Waals surface area contributed by atoms with E-state index in [4.69, 9.17) is 4.98 Å². The molecule has 1 unspecified atom stereocenters. The van der Waals surface area contributed by atoms with Gasteiger partial charge in [-0.3, -0.25) is 0 Å². The van der Waals surface area contributed by atoms with Crippen molar-refractivity contribution < 1.29 is 0 Å². The highest BCUT2D eigenvalue weighted by Gasteiger charge is 2.20. The third-order valence-corrected chi connectivity index (χ3v) is 5.54. The van der Waals surface area contributed by atoms with Crippen LogP contribution >= 0.6 is 0 Å². The van der Waals surface area contributed by atoms with Gasteiger partial charge in [-0.25, -0.2) is 4.98 Å². The van der Waals surface area contributed by atoms with E-state index < -0.39 is 0 Å². The Bertz CT molecular complexity index is 884. The van der Waals surface area contributed by atoms with Gasteiger partial charge in [0.2, 0.25) is 0 Å². The van der Waals surface area contributed by atoms with E-state index in [0.29, 0.717) is 5.92 Å². The van der Waals surface area contributed by atoms with Crippen LogP contribution in [0.15, 0.2) is 36.4 Å². The molecule has 0 saturated carbocycles. The Kier molecular flexibility index (Phi) is 4.34. The summed E-state index contributed by atoms with van der Waals surface area (Å²) in [6.07, 6.45) is 2.32. The SMILES string of the molecule is Cc1ccc(Cn2c(CC3CCNC3)nc3cc(C)c(C)cc32)cc1. The summed E-state index contributed by atoms with van der Waals surface area (Å²) in [4.78, 5) is 5.03. The van der Waals surface area contributed by atoms with Crippen molar-refractivity contribution in [3.8, 4) is 0 Å². The zero-order chi connectivity index (χ0) is 17.4. The number of fused-ring (bicyclic) bond motifs is 1. The summed E-state index contributed by atoms with van der Waals surface area (Å²) in [5.41, 5.74) is 7.71. The number of benzene rings is 2. The highest BCUT2D eigenvalue weighted by Crippen LogP contribution is 2.25. The standard InChI is InChI=1S/C22H27N3/c1-15-4-6-18(7-5-15)14-25-21-11-17(3)16(2)10-20(21)24-22(25)12-19-8-9-23-13-19/h4-7,10-11,19,23H,8-9,12-14H2,1-3H3. The second kappa shape index (κ2) is 6.64. The molecule has 1 aliphatic heterocycles. The van der Waals surface area contributed by atoms with Crippen LogP contribution in [0.2, 0.25) is 0 Å². The molecular weight excluding hydrogens is 306 g/mol. The van der Waals surface area contributed by atoms with E-state index in [2.05, 4.69) is 67.1 Å². The van der Waals surface area contributed by atoms with E-state index >= 15 is 0 Å². The molecule has 1 N–H and O–H groups in total. The van der Waals surface area contributed by atoms with Crippen molar-refractivity contribution in [2.45, 2.75) is 40.2 Å². The predicted molar refractivity (Wildman–Crippen MR) is 104 cm³/mol. The van der Waals surface area contributed by atoms with Crippen molar-refractivity contribution in [1.29, 1.82) is 0 Å². The minimum absolute atomic E-state index is 0.704. The molecule has 0 amide bonds. The van der Waals surface area contributed by atoms with E-state index in [1.165, 1.54) is 40.0 Å². The molecule has 25 heavy (non-hydrogen) atoms. The molecule has 1 aliphatic rings. The third-order valence-electron chi connectivity index (χ3n) is 5.54. The van der Waals surface area contributed by atoms with Crippen molar-refractivity contribution in [3.05, 3.63) is 64.5 Å². The van der Waals surface area contributed by atoms with E-state index in [1.807, 2.05) is 0 Å². The minimum Gasteiger partial charge on any atom is -0.323 e. The number of aryl methyl sites for hydroxylation is 3. The number of nitrogens with one attached hydrogen (secondary N) is 1. The van der Waals surface area contributed by atoms with E-state index in [0.717, 1.165) is 31.6 Å². The van der Waals surface area contributed by atoms with Crippen molar-refractivity contribution in [2.24, 2.45) is 5.92 Å². The molecule has 0 spiro atoms. The van der Waals surface area contributed by atoms with Gasteiger partial charge in [0.05, 0.1) is 11.0 Å². The highest BCUT2D eigenvalue weighted by atomic mass is 15.1. The van der Waals surface area contributed by atoms with Crippen LogP contribution in [0.4, 0.5) is 0 Å². The van der Waals surface area contributed by atoms with Gasteiger partial charge >= 0.3 is 0 Å². The summed E-state index contributed by atoms with van der Waals surface area (Å²) in [6.45, 7) is 9.66. The maximum absolute atomic E-state index is 5.03. The molecule has 3 aromatic rings. The quantitative estimate of drug-likeness (QED) is 0.777. The lowest BCUT2D eigenvalue weighted by molar-refractivity contribution is 0.546. The van der Waals surface area contributed by atoms with Gasteiger partial charge in [-0.15, -0.1) is 0 Å². The Labute approximate surface area is 150 Å². The number of rotatable bonds is 4. The highest BCUT2D eigenvalue weighted by molar-refractivity contribution is 5.78. The average molecular weight is 333 g/mol. The first-order valence-electron chi connectivity index (χ1n) is 9.33. The average Bonchev–Trinajstić information content (AvgIpc) is 3.20. The molecule has 130 valence electrons. The molecule has 0 bridgehead atoms. The van der Waals surface area contributed by atoms with Gasteiger partial charge in [-0.2, -0.15) is 0 Å². The molecule has 1 aromatic heterocycles. The topological polar surface area (TPSA) is 29.9 Å². The normalized spacial score (nSPS) is 17.5. The smallest absolute Gasteiger partial charge is 0.110 e. The van der Waals surface area contributed by atoms with Crippen LogP contribution in [-0.2, 0) is 13.0 Å². The fourth-order valence-corrected chi connectivity index (χ4v) is 3.79. The Morgan fingerprint density at radius 1 is 1.08 bits per heavy atom. The number of hydrogen-bond acceptors (Lipinski definition) is 2. The zero-order valence-corrected chi connectivity index (χ0v) is 15.5. The monoisotopic (exact) mass is 333 g/mol. The minimum atomic E-state index is 0.704. The van der Waals surface area contributed by atoms with E-state index in [-0.39, 0.29) is 0 Å². The van der Waals surface area contributed by atoms with Gasteiger partial charge in [-0.1, -0.05) is 29.8 Å². The fourth-order valence-electron chi connectivity index (χ4n) is 3.79. The lowest BCUT2D eigenvalue weighted by Crippen LogP contribution is -2.14. The largest absolute Gasteiger partial charge is 0.323 e. The molecule has 1 saturated heterocycles. The van der Waals surface area contributed by atoms with E-state index in [9.17, 15) is 0 Å². The lowest BCUT2D eigenvalue weighted by Gasteiger charge is -2.13.